The fraction of sp³-hybridized carbons (Fsp3) is 0.882. The van der Waals surface area contributed by atoms with Crippen LogP contribution < -0.4 is 5.32 Å². The number of aliphatic carboxylic acids is 1. The van der Waals surface area contributed by atoms with Crippen molar-refractivity contribution >= 4 is 11.9 Å². The van der Waals surface area contributed by atoms with Crippen molar-refractivity contribution in [3.8, 4) is 0 Å². The SMILES string of the molecule is CC(=O)N[C@@H]1C(O)C[C@](OC2C(O)[C@H](O)OC(CO)[C@H]2O)(C(=O)O)OC1[C@H](O)[C@H](O)CO. The number of carboxylic acids is 1. The maximum absolute atomic E-state index is 12.1. The summed E-state index contributed by atoms with van der Waals surface area (Å²) in [7, 11) is 0. The van der Waals surface area contributed by atoms with E-state index in [1.807, 2.05) is 0 Å². The Morgan fingerprint density at radius 1 is 1.16 bits per heavy atom. The normalized spacial score (nSPS) is 42.2. The summed E-state index contributed by atoms with van der Waals surface area (Å²) in [6.07, 6.45) is -17.6. The summed E-state index contributed by atoms with van der Waals surface area (Å²) >= 11 is 0. The van der Waals surface area contributed by atoms with Gasteiger partial charge in [0.05, 0.1) is 25.4 Å². The molecule has 0 bridgehead atoms. The zero-order valence-corrected chi connectivity index (χ0v) is 17.0. The van der Waals surface area contributed by atoms with Gasteiger partial charge in [0.15, 0.2) is 6.29 Å². The minimum absolute atomic E-state index is 0.693. The van der Waals surface area contributed by atoms with Crippen molar-refractivity contribution in [3.63, 3.8) is 0 Å². The Hall–Kier alpha value is -1.50. The second-order valence-corrected chi connectivity index (χ2v) is 7.69. The van der Waals surface area contributed by atoms with Crippen molar-refractivity contribution < 1.29 is 69.8 Å². The summed E-state index contributed by atoms with van der Waals surface area (Å²) in [6.45, 7) is -0.741. The molecule has 0 aromatic rings. The molecule has 2 rings (SSSR count). The molecule has 0 aromatic carbocycles. The highest BCUT2D eigenvalue weighted by molar-refractivity contribution is 5.76. The molecule has 0 saturated carbocycles. The van der Waals surface area contributed by atoms with E-state index < -0.39 is 98.5 Å². The molecule has 2 aliphatic heterocycles. The summed E-state index contributed by atoms with van der Waals surface area (Å²) in [4.78, 5) is 23.6. The highest BCUT2D eigenvalue weighted by atomic mass is 16.7. The maximum Gasteiger partial charge on any atom is 0.364 e. The third-order valence-corrected chi connectivity index (χ3v) is 5.35. The lowest BCUT2D eigenvalue weighted by molar-refractivity contribution is -0.366. The Balaban J connectivity index is 2.42. The fourth-order valence-corrected chi connectivity index (χ4v) is 3.67. The number of hydrogen-bond acceptors (Lipinski definition) is 13. The molecule has 15 nitrogen and oxygen atoms in total. The molecule has 32 heavy (non-hydrogen) atoms. The van der Waals surface area contributed by atoms with Crippen LogP contribution in [0, 0.1) is 0 Å². The predicted molar refractivity (Wildman–Crippen MR) is 97.4 cm³/mol. The van der Waals surface area contributed by atoms with Gasteiger partial charge in [0.2, 0.25) is 5.91 Å². The smallest absolute Gasteiger partial charge is 0.364 e. The second-order valence-electron chi connectivity index (χ2n) is 7.69. The first-order chi connectivity index (χ1) is 14.9. The first kappa shape index (κ1) is 26.7. The lowest BCUT2D eigenvalue weighted by Crippen LogP contribution is -2.70. The third-order valence-electron chi connectivity index (χ3n) is 5.35. The standard InChI is InChI=1S/C17H29NO14/c1-5(21)18-9-6(22)2-17(16(28)29,31-13(9)10(24)7(23)3-19)32-14-11(25)8(4-20)30-15(27)12(14)26/h6-15,19-20,22-27H,2-4H2,1H3,(H,18,21)(H,28,29)/t6?,7-,8?,9-,10-,11-,12?,13?,14?,15-,17+/m1/s1. The van der Waals surface area contributed by atoms with Gasteiger partial charge in [-0.3, -0.25) is 4.79 Å². The van der Waals surface area contributed by atoms with E-state index in [1.165, 1.54) is 0 Å². The van der Waals surface area contributed by atoms with Crippen LogP contribution in [0.5, 0.6) is 0 Å². The van der Waals surface area contributed by atoms with Gasteiger partial charge in [-0.15, -0.1) is 0 Å². The van der Waals surface area contributed by atoms with Crippen LogP contribution >= 0.6 is 0 Å². The van der Waals surface area contributed by atoms with Crippen LogP contribution in [0.15, 0.2) is 0 Å². The Bertz CT molecular complexity index is 665. The molecule has 186 valence electrons. The van der Waals surface area contributed by atoms with Crippen molar-refractivity contribution in [2.45, 2.75) is 80.3 Å². The fourth-order valence-electron chi connectivity index (χ4n) is 3.67. The van der Waals surface area contributed by atoms with E-state index in [1.54, 1.807) is 0 Å². The molecule has 15 heteroatoms. The van der Waals surface area contributed by atoms with Gasteiger partial charge in [0, 0.05) is 13.3 Å². The number of carbonyl (C=O) groups is 2. The van der Waals surface area contributed by atoms with Crippen LogP contribution in [0.3, 0.4) is 0 Å². The van der Waals surface area contributed by atoms with Crippen LogP contribution in [-0.4, -0.2) is 138 Å². The van der Waals surface area contributed by atoms with Crippen LogP contribution in [-0.2, 0) is 23.8 Å². The average molecular weight is 471 g/mol. The van der Waals surface area contributed by atoms with Crippen LogP contribution in [0.2, 0.25) is 0 Å². The number of aliphatic hydroxyl groups excluding tert-OH is 8. The molecule has 2 heterocycles. The van der Waals surface area contributed by atoms with E-state index >= 15 is 0 Å². The van der Waals surface area contributed by atoms with Gasteiger partial charge in [-0.2, -0.15) is 0 Å². The van der Waals surface area contributed by atoms with Gasteiger partial charge >= 0.3 is 5.97 Å². The second kappa shape index (κ2) is 10.6. The highest BCUT2D eigenvalue weighted by Crippen LogP contribution is 2.37. The van der Waals surface area contributed by atoms with Crippen molar-refractivity contribution in [1.29, 1.82) is 0 Å². The van der Waals surface area contributed by atoms with Crippen LogP contribution in [0.1, 0.15) is 13.3 Å². The molecule has 0 radical (unpaired) electrons. The molecular formula is C17H29NO14. The monoisotopic (exact) mass is 471 g/mol. The zero-order valence-electron chi connectivity index (χ0n) is 17.0. The molecular weight excluding hydrogens is 442 g/mol. The molecule has 0 aliphatic carbocycles. The summed E-state index contributed by atoms with van der Waals surface area (Å²) in [5.41, 5.74) is 0. The van der Waals surface area contributed by atoms with E-state index in [4.69, 9.17) is 19.3 Å². The molecule has 0 aromatic heterocycles. The number of carboxylic acid groups (broad SMARTS) is 1. The number of amides is 1. The first-order valence-electron chi connectivity index (χ1n) is 9.70. The quantitative estimate of drug-likeness (QED) is 0.158. The molecule has 10 N–H and O–H groups in total. The molecule has 2 fully saturated rings. The van der Waals surface area contributed by atoms with Gasteiger partial charge in [0.25, 0.3) is 5.79 Å². The Morgan fingerprint density at radius 3 is 2.28 bits per heavy atom. The molecule has 5 unspecified atom stereocenters. The van der Waals surface area contributed by atoms with E-state index in [9.17, 15) is 50.4 Å². The molecule has 2 saturated heterocycles. The van der Waals surface area contributed by atoms with Crippen molar-refractivity contribution in [1.82, 2.24) is 5.32 Å². The molecule has 1 amide bonds. The van der Waals surface area contributed by atoms with Crippen LogP contribution in [0.4, 0.5) is 0 Å². The van der Waals surface area contributed by atoms with Gasteiger partial charge in [-0.25, -0.2) is 4.79 Å². The number of rotatable bonds is 8. The summed E-state index contributed by atoms with van der Waals surface area (Å²) in [5.74, 6) is -5.44. The Kier molecular flexibility index (Phi) is 8.88. The topological polar surface area (TPSA) is 256 Å². The van der Waals surface area contributed by atoms with Gasteiger partial charge in [0.1, 0.15) is 42.7 Å². The Morgan fingerprint density at radius 2 is 1.78 bits per heavy atom. The number of nitrogens with one attached hydrogen (secondary N) is 1. The number of hydrogen-bond donors (Lipinski definition) is 10. The largest absolute Gasteiger partial charge is 0.477 e. The average Bonchev–Trinajstić information content (AvgIpc) is 2.73. The predicted octanol–water partition coefficient (Wildman–Crippen LogP) is -6.05. The van der Waals surface area contributed by atoms with Crippen molar-refractivity contribution in [3.05, 3.63) is 0 Å². The number of aliphatic hydroxyl groups is 8. The summed E-state index contributed by atoms with van der Waals surface area (Å²) in [6, 6.07) is -1.44. The first-order valence-corrected chi connectivity index (χ1v) is 9.70. The Labute approximate surface area is 181 Å². The van der Waals surface area contributed by atoms with Gasteiger partial charge in [-0.05, 0) is 0 Å². The lowest BCUT2D eigenvalue weighted by atomic mass is 9.88. The maximum atomic E-state index is 12.1. The zero-order chi connectivity index (χ0) is 24.4. The molecule has 0 spiro atoms. The minimum atomic E-state index is -2.86. The van der Waals surface area contributed by atoms with Crippen molar-refractivity contribution in [2.75, 3.05) is 13.2 Å². The van der Waals surface area contributed by atoms with E-state index in [-0.39, 0.29) is 0 Å². The van der Waals surface area contributed by atoms with E-state index in [0.29, 0.717) is 0 Å². The third kappa shape index (κ3) is 5.35. The summed E-state index contributed by atoms with van der Waals surface area (Å²) in [5, 5.41) is 91.5. The van der Waals surface area contributed by atoms with Crippen molar-refractivity contribution in [2.24, 2.45) is 0 Å². The summed E-state index contributed by atoms with van der Waals surface area (Å²) < 4.78 is 15.5. The van der Waals surface area contributed by atoms with Crippen LogP contribution in [0.25, 0.3) is 0 Å². The van der Waals surface area contributed by atoms with Gasteiger partial charge in [-0.1, -0.05) is 0 Å². The molecule has 2 aliphatic rings. The lowest BCUT2D eigenvalue weighted by Gasteiger charge is -2.49. The van der Waals surface area contributed by atoms with Gasteiger partial charge < -0.3 is 65.5 Å². The van der Waals surface area contributed by atoms with E-state index in [2.05, 4.69) is 5.32 Å². The van der Waals surface area contributed by atoms with E-state index in [0.717, 1.165) is 6.92 Å². The minimum Gasteiger partial charge on any atom is -0.477 e. The number of carbonyl (C=O) groups excluding carboxylic acids is 1. The number of ether oxygens (including phenoxy) is 3. The highest BCUT2D eigenvalue weighted by Gasteiger charge is 2.59. The molecule has 11 atom stereocenters.